The number of pyridine rings is 1. The van der Waals surface area contributed by atoms with E-state index >= 15 is 0 Å². The van der Waals surface area contributed by atoms with E-state index in [9.17, 15) is 9.90 Å². The van der Waals surface area contributed by atoms with E-state index in [1.165, 1.54) is 6.20 Å². The Hall–Kier alpha value is -1.62. The van der Waals surface area contributed by atoms with E-state index in [0.717, 1.165) is 6.42 Å². The van der Waals surface area contributed by atoms with Gasteiger partial charge in [0.1, 0.15) is 5.82 Å². The van der Waals surface area contributed by atoms with E-state index < -0.39 is 5.91 Å². The zero-order valence-electron chi connectivity index (χ0n) is 9.31. The number of nitrogens with zero attached hydrogens (tertiary/aromatic N) is 1. The Morgan fingerprint density at radius 3 is 2.88 bits per heavy atom. The molecule has 0 bridgehead atoms. The summed E-state index contributed by atoms with van der Waals surface area (Å²) >= 11 is 0. The highest BCUT2D eigenvalue weighted by Crippen LogP contribution is 2.05. The first kappa shape index (κ1) is 12.4. The van der Waals surface area contributed by atoms with Gasteiger partial charge in [-0.3, -0.25) is 4.79 Å². The number of amides is 1. The van der Waals surface area contributed by atoms with Gasteiger partial charge in [-0.05, 0) is 25.0 Å². The molecule has 1 aromatic rings. The van der Waals surface area contributed by atoms with Gasteiger partial charge < -0.3 is 16.2 Å². The second-order valence-corrected chi connectivity index (χ2v) is 3.57. The Kier molecular flexibility index (Phi) is 4.72. The first-order valence-corrected chi connectivity index (χ1v) is 5.31. The minimum Gasteiger partial charge on any atom is -0.393 e. The molecule has 0 fully saturated rings. The fraction of sp³-hybridized carbons (Fsp3) is 0.455. The van der Waals surface area contributed by atoms with Crippen molar-refractivity contribution in [1.82, 2.24) is 4.98 Å². The Bertz CT molecular complexity index is 338. The van der Waals surface area contributed by atoms with Gasteiger partial charge in [-0.25, -0.2) is 4.98 Å². The van der Waals surface area contributed by atoms with Crippen LogP contribution < -0.4 is 11.1 Å². The first-order chi connectivity index (χ1) is 7.63. The lowest BCUT2D eigenvalue weighted by Gasteiger charge is -2.09. The van der Waals surface area contributed by atoms with Crippen molar-refractivity contribution in [3.05, 3.63) is 23.9 Å². The molecule has 1 atom stereocenters. The molecule has 0 saturated carbocycles. The van der Waals surface area contributed by atoms with E-state index in [-0.39, 0.29) is 6.10 Å². The average Bonchev–Trinajstić information content (AvgIpc) is 2.29. The highest BCUT2D eigenvalue weighted by molar-refractivity contribution is 5.92. The van der Waals surface area contributed by atoms with Gasteiger partial charge in [-0.1, -0.05) is 6.92 Å². The molecule has 0 spiro atoms. The predicted octanol–water partition coefficient (Wildman–Crippen LogP) is 0.753. The van der Waals surface area contributed by atoms with Crippen molar-refractivity contribution in [2.75, 3.05) is 11.9 Å². The molecule has 0 aromatic carbocycles. The minimum atomic E-state index is -0.486. The number of aliphatic hydroxyl groups excluding tert-OH is 1. The summed E-state index contributed by atoms with van der Waals surface area (Å²) in [5, 5.41) is 12.4. The lowest BCUT2D eigenvalue weighted by atomic mass is 10.2. The molecule has 1 aromatic heterocycles. The maximum atomic E-state index is 10.8. The Balaban J connectivity index is 2.40. The number of primary amides is 1. The van der Waals surface area contributed by atoms with Crippen LogP contribution >= 0.6 is 0 Å². The topological polar surface area (TPSA) is 88.2 Å². The van der Waals surface area contributed by atoms with Crippen LogP contribution in [0, 0.1) is 0 Å². The summed E-state index contributed by atoms with van der Waals surface area (Å²) in [6.07, 6.45) is 2.57. The number of anilines is 1. The Morgan fingerprint density at radius 1 is 1.62 bits per heavy atom. The van der Waals surface area contributed by atoms with Gasteiger partial charge in [0.2, 0.25) is 5.91 Å². The summed E-state index contributed by atoms with van der Waals surface area (Å²) in [4.78, 5) is 14.8. The van der Waals surface area contributed by atoms with Crippen molar-refractivity contribution in [3.63, 3.8) is 0 Å². The fourth-order valence-electron chi connectivity index (χ4n) is 1.22. The first-order valence-electron chi connectivity index (χ1n) is 5.31. The molecule has 0 saturated heterocycles. The van der Waals surface area contributed by atoms with Gasteiger partial charge in [0, 0.05) is 12.7 Å². The molecule has 4 N–H and O–H groups in total. The van der Waals surface area contributed by atoms with Gasteiger partial charge >= 0.3 is 0 Å². The number of hydrogen-bond acceptors (Lipinski definition) is 4. The molecule has 1 unspecified atom stereocenters. The Morgan fingerprint density at radius 2 is 2.38 bits per heavy atom. The van der Waals surface area contributed by atoms with Crippen molar-refractivity contribution < 1.29 is 9.90 Å². The van der Waals surface area contributed by atoms with Crippen molar-refractivity contribution in [3.8, 4) is 0 Å². The van der Waals surface area contributed by atoms with E-state index in [2.05, 4.69) is 10.3 Å². The molecule has 0 aliphatic heterocycles. The normalized spacial score (nSPS) is 12.1. The van der Waals surface area contributed by atoms with Gasteiger partial charge in [-0.2, -0.15) is 0 Å². The maximum Gasteiger partial charge on any atom is 0.250 e. The van der Waals surface area contributed by atoms with Crippen molar-refractivity contribution >= 4 is 11.7 Å². The molecular formula is C11H17N3O2. The van der Waals surface area contributed by atoms with Crippen LogP contribution in [0.15, 0.2) is 18.3 Å². The average molecular weight is 223 g/mol. The van der Waals surface area contributed by atoms with Crippen LogP contribution in [0.25, 0.3) is 0 Å². The second kappa shape index (κ2) is 6.07. The quantitative estimate of drug-likeness (QED) is 0.664. The number of nitrogens with two attached hydrogens (primary N) is 1. The third-order valence-corrected chi connectivity index (χ3v) is 2.30. The molecule has 5 heteroatoms. The monoisotopic (exact) mass is 223 g/mol. The van der Waals surface area contributed by atoms with Crippen LogP contribution in [-0.4, -0.2) is 28.6 Å². The van der Waals surface area contributed by atoms with Crippen LogP contribution in [0.4, 0.5) is 5.82 Å². The molecule has 1 heterocycles. The molecule has 1 amide bonds. The number of carbonyl (C=O) groups is 1. The summed E-state index contributed by atoms with van der Waals surface area (Å²) in [6.45, 7) is 2.59. The number of nitrogens with one attached hydrogen (secondary N) is 1. The van der Waals surface area contributed by atoms with E-state index in [0.29, 0.717) is 24.3 Å². The lowest BCUT2D eigenvalue weighted by molar-refractivity contribution is 0.1000. The van der Waals surface area contributed by atoms with Gasteiger partial charge in [0.25, 0.3) is 0 Å². The summed E-state index contributed by atoms with van der Waals surface area (Å²) in [6, 6.07) is 3.31. The molecular weight excluding hydrogens is 206 g/mol. The van der Waals surface area contributed by atoms with Crippen molar-refractivity contribution in [2.45, 2.75) is 25.9 Å². The minimum absolute atomic E-state index is 0.280. The van der Waals surface area contributed by atoms with Crippen molar-refractivity contribution in [1.29, 1.82) is 0 Å². The smallest absolute Gasteiger partial charge is 0.250 e. The number of carbonyl (C=O) groups excluding carboxylic acids is 1. The van der Waals surface area contributed by atoms with Gasteiger partial charge in [-0.15, -0.1) is 0 Å². The van der Waals surface area contributed by atoms with Gasteiger partial charge in [0.15, 0.2) is 0 Å². The Labute approximate surface area is 94.7 Å². The molecule has 88 valence electrons. The summed E-state index contributed by atoms with van der Waals surface area (Å²) < 4.78 is 0. The molecule has 1 rings (SSSR count). The molecule has 0 aliphatic carbocycles. The largest absolute Gasteiger partial charge is 0.393 e. The standard InChI is InChI=1S/C11H17N3O2/c1-2-9(15)5-6-13-10-4-3-8(7-14-10)11(12)16/h3-4,7,9,15H,2,5-6H2,1H3,(H2,12,16)(H,13,14). The molecule has 16 heavy (non-hydrogen) atoms. The summed E-state index contributed by atoms with van der Waals surface area (Å²) in [5.74, 6) is 0.189. The van der Waals surface area contributed by atoms with Crippen LogP contribution in [-0.2, 0) is 0 Å². The zero-order valence-corrected chi connectivity index (χ0v) is 9.31. The van der Waals surface area contributed by atoms with E-state index in [1.807, 2.05) is 6.92 Å². The third kappa shape index (κ3) is 3.86. The SMILES string of the molecule is CCC(O)CCNc1ccc(C(N)=O)cn1. The van der Waals surface area contributed by atoms with Crippen molar-refractivity contribution in [2.24, 2.45) is 5.73 Å². The molecule has 5 nitrogen and oxygen atoms in total. The summed E-state index contributed by atoms with van der Waals surface area (Å²) in [7, 11) is 0. The second-order valence-electron chi connectivity index (χ2n) is 3.57. The van der Waals surface area contributed by atoms with E-state index in [4.69, 9.17) is 5.73 Å². The van der Waals surface area contributed by atoms with Crippen LogP contribution in [0.3, 0.4) is 0 Å². The fourth-order valence-corrected chi connectivity index (χ4v) is 1.22. The number of rotatable bonds is 6. The number of aliphatic hydroxyl groups is 1. The van der Waals surface area contributed by atoms with E-state index in [1.54, 1.807) is 12.1 Å². The van der Waals surface area contributed by atoms with Crippen LogP contribution in [0.2, 0.25) is 0 Å². The van der Waals surface area contributed by atoms with Gasteiger partial charge in [0.05, 0.1) is 11.7 Å². The number of hydrogen-bond donors (Lipinski definition) is 3. The predicted molar refractivity (Wildman–Crippen MR) is 62.2 cm³/mol. The molecule has 0 radical (unpaired) electrons. The summed E-state index contributed by atoms with van der Waals surface area (Å²) in [5.41, 5.74) is 5.48. The molecule has 0 aliphatic rings. The highest BCUT2D eigenvalue weighted by atomic mass is 16.3. The lowest BCUT2D eigenvalue weighted by Crippen LogP contribution is -2.14. The highest BCUT2D eigenvalue weighted by Gasteiger charge is 2.02. The van der Waals surface area contributed by atoms with Crippen LogP contribution in [0.1, 0.15) is 30.1 Å². The zero-order chi connectivity index (χ0) is 12.0. The number of aromatic nitrogens is 1. The maximum absolute atomic E-state index is 10.8. The third-order valence-electron chi connectivity index (χ3n) is 2.30. The van der Waals surface area contributed by atoms with Crippen LogP contribution in [0.5, 0.6) is 0 Å².